The minimum Gasteiger partial charge on any atom is -0.481 e. The van der Waals surface area contributed by atoms with E-state index in [1.165, 1.54) is 23.1 Å². The smallest absolute Gasteiger partial charge is 0.398 e. The first kappa shape index (κ1) is 31.7. The second-order valence-electron chi connectivity index (χ2n) is 13.0. The Balaban J connectivity index is 1.40. The van der Waals surface area contributed by atoms with Crippen LogP contribution in [-0.2, 0) is 27.8 Å². The maximum atomic E-state index is 14.7. The minimum atomic E-state index is -4.58. The number of likely N-dealkylation sites (tertiary alicyclic amines) is 1. The van der Waals surface area contributed by atoms with E-state index in [0.29, 0.717) is 42.6 Å². The van der Waals surface area contributed by atoms with Gasteiger partial charge in [0.15, 0.2) is 0 Å². The van der Waals surface area contributed by atoms with E-state index >= 15 is 0 Å². The lowest BCUT2D eigenvalue weighted by atomic mass is 9.82. The molecule has 2 heterocycles. The van der Waals surface area contributed by atoms with Crippen molar-refractivity contribution in [2.24, 2.45) is 11.8 Å². The molecular weight excluding hydrogens is 616 g/mol. The Morgan fingerprint density at radius 2 is 1.80 bits per heavy atom. The van der Waals surface area contributed by atoms with Crippen LogP contribution >= 0.6 is 11.6 Å². The molecule has 1 N–H and O–H groups in total. The van der Waals surface area contributed by atoms with Gasteiger partial charge in [-0.25, -0.2) is 4.39 Å². The molecule has 0 spiro atoms. The van der Waals surface area contributed by atoms with E-state index in [1.807, 2.05) is 0 Å². The molecule has 4 atom stereocenters. The van der Waals surface area contributed by atoms with E-state index in [0.717, 1.165) is 10.3 Å². The zero-order valence-electron chi connectivity index (χ0n) is 25.0. The van der Waals surface area contributed by atoms with Gasteiger partial charge in [-0.05, 0) is 76.2 Å². The SMILES string of the molecule is CN(C)[C@H]1CN(C(=O)C2CCc3c(C4=CCC(C(=O)O)CC4)nn(C(=O)c4c(Cl)cccc4C4(C(F)(F)F)CC4)c3C2)C[C@@H]1F. The largest absolute Gasteiger partial charge is 0.481 e. The lowest BCUT2D eigenvalue weighted by molar-refractivity contribution is -0.160. The van der Waals surface area contributed by atoms with Gasteiger partial charge in [-0.3, -0.25) is 14.4 Å². The molecule has 4 aliphatic rings. The Morgan fingerprint density at radius 1 is 1.09 bits per heavy atom. The summed E-state index contributed by atoms with van der Waals surface area (Å²) < 4.78 is 58.6. The van der Waals surface area contributed by atoms with Crippen molar-refractivity contribution in [1.29, 1.82) is 0 Å². The second-order valence-corrected chi connectivity index (χ2v) is 13.4. The van der Waals surface area contributed by atoms with E-state index in [1.54, 1.807) is 25.1 Å². The van der Waals surface area contributed by atoms with Gasteiger partial charge in [0.25, 0.3) is 5.91 Å². The predicted molar refractivity (Wildman–Crippen MR) is 158 cm³/mol. The highest BCUT2D eigenvalue weighted by molar-refractivity contribution is 6.34. The molecule has 1 saturated heterocycles. The molecular formula is C32H35ClF4N4O4. The van der Waals surface area contributed by atoms with Crippen molar-refractivity contribution in [1.82, 2.24) is 19.6 Å². The molecule has 13 heteroatoms. The number of aromatic nitrogens is 2. The number of allylic oxidation sites excluding steroid dienone is 2. The number of alkyl halides is 4. The molecule has 1 aromatic carbocycles. The van der Waals surface area contributed by atoms with Crippen molar-refractivity contribution < 1.29 is 37.1 Å². The lowest BCUT2D eigenvalue weighted by Gasteiger charge is -2.28. The van der Waals surface area contributed by atoms with Gasteiger partial charge in [0, 0.05) is 24.4 Å². The maximum Gasteiger partial charge on any atom is 0.398 e. The van der Waals surface area contributed by atoms with E-state index in [2.05, 4.69) is 5.10 Å². The van der Waals surface area contributed by atoms with Crippen molar-refractivity contribution in [3.8, 4) is 0 Å². The Bertz CT molecular complexity index is 1580. The standard InChI is InChI=1S/C32H35ClF4N4O4/c1-39(2)25-16-40(15-23(25)34)28(42)19-10-11-20-24(14-19)41(38-27(20)17-6-8-18(9-7-17)30(44)45)29(43)26-21(4-3-5-22(26)33)31(12-13-31)32(35,36)37/h3-6,18-19,23,25H,7-16H2,1-2H3,(H,44,45)/t18?,19?,23-,25-/m0/s1. The summed E-state index contributed by atoms with van der Waals surface area (Å²) in [4.78, 5) is 42.7. The van der Waals surface area contributed by atoms with Gasteiger partial charge < -0.3 is 14.9 Å². The van der Waals surface area contributed by atoms with Gasteiger partial charge in [0.2, 0.25) is 5.91 Å². The van der Waals surface area contributed by atoms with Crippen LogP contribution in [0.25, 0.3) is 5.57 Å². The Kier molecular flexibility index (Phi) is 8.12. The highest BCUT2D eigenvalue weighted by Gasteiger charge is 2.65. The zero-order chi connectivity index (χ0) is 32.4. The van der Waals surface area contributed by atoms with Crippen LogP contribution in [0.2, 0.25) is 5.02 Å². The van der Waals surface area contributed by atoms with Crippen molar-refractivity contribution in [2.45, 2.75) is 75.2 Å². The number of nitrogens with zero attached hydrogens (tertiary/aromatic N) is 4. The van der Waals surface area contributed by atoms with Crippen LogP contribution in [0, 0.1) is 11.8 Å². The molecule has 1 saturated carbocycles. The van der Waals surface area contributed by atoms with Crippen molar-refractivity contribution in [3.05, 3.63) is 57.4 Å². The number of carbonyl (C=O) groups is 3. The third-order valence-corrected chi connectivity index (χ3v) is 10.4. The van der Waals surface area contributed by atoms with Crippen LogP contribution in [0.1, 0.15) is 71.4 Å². The summed E-state index contributed by atoms with van der Waals surface area (Å²) in [5, 5.41) is 14.0. The number of carboxylic acid groups (broad SMARTS) is 1. The molecule has 1 amide bonds. The van der Waals surface area contributed by atoms with E-state index in [9.17, 15) is 37.1 Å². The van der Waals surface area contributed by atoms with Crippen molar-refractivity contribution in [3.63, 3.8) is 0 Å². The number of rotatable bonds is 6. The molecule has 6 rings (SSSR count). The number of likely N-dealkylation sites (N-methyl/N-ethyl adjacent to an activating group) is 1. The van der Waals surface area contributed by atoms with Crippen molar-refractivity contribution in [2.75, 3.05) is 27.2 Å². The normalized spacial score (nSPS) is 26.0. The van der Waals surface area contributed by atoms with Gasteiger partial charge in [-0.15, -0.1) is 0 Å². The number of amides is 1. The number of fused-ring (bicyclic) bond motifs is 1. The fourth-order valence-corrected chi connectivity index (χ4v) is 7.53. The van der Waals surface area contributed by atoms with E-state index in [4.69, 9.17) is 11.6 Å². The summed E-state index contributed by atoms with van der Waals surface area (Å²) in [6.45, 7) is 0.203. The topological polar surface area (TPSA) is 95.7 Å². The Morgan fingerprint density at radius 3 is 2.38 bits per heavy atom. The quantitative estimate of drug-likeness (QED) is 0.427. The molecule has 3 aliphatic carbocycles. The number of hydrogen-bond donors (Lipinski definition) is 1. The summed E-state index contributed by atoms with van der Waals surface area (Å²) in [5.74, 6) is -3.05. The van der Waals surface area contributed by atoms with Crippen LogP contribution < -0.4 is 0 Å². The highest BCUT2D eigenvalue weighted by Crippen LogP contribution is 2.60. The van der Waals surface area contributed by atoms with Crippen LogP contribution in [0.5, 0.6) is 0 Å². The molecule has 2 aromatic rings. The van der Waals surface area contributed by atoms with Crippen LogP contribution in [-0.4, -0.2) is 88.0 Å². The van der Waals surface area contributed by atoms with Crippen molar-refractivity contribution >= 4 is 35.0 Å². The number of hydrogen-bond acceptors (Lipinski definition) is 5. The number of carboxylic acids is 1. The third-order valence-electron chi connectivity index (χ3n) is 10.1. The predicted octanol–water partition coefficient (Wildman–Crippen LogP) is 5.30. The van der Waals surface area contributed by atoms with Crippen LogP contribution in [0.3, 0.4) is 0 Å². The summed E-state index contributed by atoms with van der Waals surface area (Å²) in [7, 11) is 3.52. The van der Waals surface area contributed by atoms with Gasteiger partial charge in [-0.1, -0.05) is 29.8 Å². The molecule has 242 valence electrons. The third kappa shape index (κ3) is 5.47. The molecule has 2 fully saturated rings. The molecule has 0 bridgehead atoms. The first-order valence-electron chi connectivity index (χ1n) is 15.3. The average Bonchev–Trinajstić information content (AvgIpc) is 3.61. The fourth-order valence-electron chi connectivity index (χ4n) is 7.27. The second kappa shape index (κ2) is 11.5. The summed E-state index contributed by atoms with van der Waals surface area (Å²) in [6, 6.07) is 3.65. The van der Waals surface area contributed by atoms with Gasteiger partial charge in [-0.2, -0.15) is 23.0 Å². The zero-order valence-corrected chi connectivity index (χ0v) is 25.8. The minimum absolute atomic E-state index is 0.0331. The summed E-state index contributed by atoms with van der Waals surface area (Å²) >= 11 is 6.46. The number of carbonyl (C=O) groups excluding carboxylic acids is 2. The van der Waals surface area contributed by atoms with E-state index in [-0.39, 0.29) is 60.8 Å². The number of halogens is 5. The number of benzene rings is 1. The summed E-state index contributed by atoms with van der Waals surface area (Å²) in [5.41, 5.74) is -0.229. The van der Waals surface area contributed by atoms with Gasteiger partial charge in [0.05, 0.1) is 45.9 Å². The maximum absolute atomic E-state index is 14.7. The van der Waals surface area contributed by atoms with Gasteiger partial charge >= 0.3 is 12.1 Å². The molecule has 0 radical (unpaired) electrons. The molecule has 1 aliphatic heterocycles. The Hall–Kier alpha value is -3.25. The van der Waals surface area contributed by atoms with Crippen LogP contribution in [0.4, 0.5) is 17.6 Å². The number of aliphatic carboxylic acids is 1. The first-order valence-corrected chi connectivity index (χ1v) is 15.6. The lowest BCUT2D eigenvalue weighted by Crippen LogP contribution is -2.40. The molecule has 45 heavy (non-hydrogen) atoms. The Labute approximate surface area is 263 Å². The molecule has 1 aromatic heterocycles. The van der Waals surface area contributed by atoms with Crippen LogP contribution in [0.15, 0.2) is 24.3 Å². The highest BCUT2D eigenvalue weighted by atomic mass is 35.5. The average molecular weight is 651 g/mol. The van der Waals surface area contributed by atoms with Gasteiger partial charge in [0.1, 0.15) is 6.17 Å². The molecule has 8 nitrogen and oxygen atoms in total. The van der Waals surface area contributed by atoms with E-state index < -0.39 is 47.5 Å². The molecule has 2 unspecified atom stereocenters. The first-order chi connectivity index (χ1) is 21.2. The monoisotopic (exact) mass is 650 g/mol. The fraction of sp³-hybridized carbons (Fsp3) is 0.562. The summed E-state index contributed by atoms with van der Waals surface area (Å²) in [6.07, 6.45) is -2.32.